The number of ether oxygens (including phenoxy) is 1. The van der Waals surface area contributed by atoms with Crippen LogP contribution in [0.3, 0.4) is 0 Å². The van der Waals surface area contributed by atoms with Crippen LogP contribution in [0.1, 0.15) is 21.5 Å². The number of hydrogen-bond donors (Lipinski definition) is 1. The number of nitrogens with two attached hydrogens (primary N) is 1. The van der Waals surface area contributed by atoms with Gasteiger partial charge >= 0.3 is 0 Å². The van der Waals surface area contributed by atoms with Crippen molar-refractivity contribution < 1.29 is 17.9 Å². The van der Waals surface area contributed by atoms with Crippen LogP contribution in [0.25, 0.3) is 0 Å². The topological polar surface area (TPSA) is 89.7 Å². The van der Waals surface area contributed by atoms with Crippen molar-refractivity contribution in [2.75, 3.05) is 20.2 Å². The zero-order valence-corrected chi connectivity index (χ0v) is 17.2. The second kappa shape index (κ2) is 8.20. The molecule has 0 aliphatic rings. The van der Waals surface area contributed by atoms with E-state index in [1.54, 1.807) is 7.05 Å². The molecule has 2 aromatic rings. The summed E-state index contributed by atoms with van der Waals surface area (Å²) in [5.74, 6) is 0.423. The molecule has 6 nitrogen and oxygen atoms in total. The van der Waals surface area contributed by atoms with Crippen LogP contribution in [0, 0.1) is 13.8 Å². The lowest BCUT2D eigenvalue weighted by atomic mass is 10.1. The Morgan fingerprint density at radius 1 is 1.15 bits per heavy atom. The van der Waals surface area contributed by atoms with E-state index in [9.17, 15) is 13.2 Å². The Morgan fingerprint density at radius 2 is 1.77 bits per heavy atom. The van der Waals surface area contributed by atoms with Gasteiger partial charge in [0.05, 0.1) is 17.0 Å². The predicted octanol–water partition coefficient (Wildman–Crippen LogP) is 2.86. The van der Waals surface area contributed by atoms with E-state index in [0.717, 1.165) is 16.9 Å². The molecule has 0 fully saturated rings. The van der Waals surface area contributed by atoms with Crippen molar-refractivity contribution in [3.8, 4) is 5.75 Å². The van der Waals surface area contributed by atoms with E-state index in [1.165, 1.54) is 23.1 Å². The smallest absolute Gasteiger partial charge is 0.254 e. The van der Waals surface area contributed by atoms with Crippen LogP contribution in [0.5, 0.6) is 5.75 Å². The van der Waals surface area contributed by atoms with Gasteiger partial charge in [0, 0.05) is 11.5 Å². The predicted molar refractivity (Wildman–Crippen MR) is 104 cm³/mol. The number of carbonyl (C=O) groups is 1. The van der Waals surface area contributed by atoms with Crippen LogP contribution in [0.15, 0.2) is 45.8 Å². The number of halogens is 1. The minimum absolute atomic E-state index is 0.107. The molecule has 0 radical (unpaired) electrons. The molecular formula is C18H21BrN2O4S. The van der Waals surface area contributed by atoms with E-state index in [4.69, 9.17) is 9.88 Å². The highest BCUT2D eigenvalue weighted by atomic mass is 79.9. The molecule has 140 valence electrons. The average molecular weight is 441 g/mol. The average Bonchev–Trinajstić information content (AvgIpc) is 2.52. The Balaban J connectivity index is 2.05. The van der Waals surface area contributed by atoms with Gasteiger partial charge in [-0.05, 0) is 71.2 Å². The van der Waals surface area contributed by atoms with Crippen molar-refractivity contribution >= 4 is 31.9 Å². The van der Waals surface area contributed by atoms with Gasteiger partial charge < -0.3 is 9.64 Å². The Hall–Kier alpha value is -1.90. The Bertz CT molecular complexity index is 909. The van der Waals surface area contributed by atoms with Gasteiger partial charge in [0.2, 0.25) is 10.0 Å². The molecule has 0 atom stereocenters. The summed E-state index contributed by atoms with van der Waals surface area (Å²) in [6, 6.07) is 10.0. The maximum Gasteiger partial charge on any atom is 0.254 e. The van der Waals surface area contributed by atoms with Gasteiger partial charge in [-0.15, -0.1) is 0 Å². The van der Waals surface area contributed by atoms with Crippen molar-refractivity contribution in [2.45, 2.75) is 18.7 Å². The summed E-state index contributed by atoms with van der Waals surface area (Å²) < 4.78 is 29.2. The maximum absolute atomic E-state index is 12.6. The molecule has 2 N–H and O–H groups in total. The van der Waals surface area contributed by atoms with Crippen LogP contribution >= 0.6 is 15.9 Å². The Kier molecular flexibility index (Phi) is 6.44. The third-order valence-electron chi connectivity index (χ3n) is 3.73. The SMILES string of the molecule is Cc1cc(C)cc(OCCN(C)C(=O)c2cc(S(N)(=O)=O)ccc2Br)c1. The summed E-state index contributed by atoms with van der Waals surface area (Å²) in [5, 5.41) is 5.13. The highest BCUT2D eigenvalue weighted by Gasteiger charge is 2.18. The third kappa shape index (κ3) is 5.30. The minimum Gasteiger partial charge on any atom is -0.492 e. The van der Waals surface area contributed by atoms with E-state index < -0.39 is 10.0 Å². The first-order valence-electron chi connectivity index (χ1n) is 7.87. The van der Waals surface area contributed by atoms with E-state index >= 15 is 0 Å². The van der Waals surface area contributed by atoms with Crippen LogP contribution in [-0.4, -0.2) is 39.4 Å². The van der Waals surface area contributed by atoms with Crippen LogP contribution < -0.4 is 9.88 Å². The third-order valence-corrected chi connectivity index (χ3v) is 5.34. The monoisotopic (exact) mass is 440 g/mol. The molecule has 8 heteroatoms. The van der Waals surface area contributed by atoms with Crippen molar-refractivity contribution in [3.05, 3.63) is 57.6 Å². The van der Waals surface area contributed by atoms with Gasteiger partial charge in [0.25, 0.3) is 5.91 Å². The molecule has 2 aromatic carbocycles. The van der Waals surface area contributed by atoms with Crippen molar-refractivity contribution in [1.82, 2.24) is 4.90 Å². The quantitative estimate of drug-likeness (QED) is 0.747. The molecule has 1 amide bonds. The first-order valence-corrected chi connectivity index (χ1v) is 10.2. The van der Waals surface area contributed by atoms with Gasteiger partial charge in [-0.3, -0.25) is 4.79 Å². The second-order valence-electron chi connectivity index (χ2n) is 6.09. The van der Waals surface area contributed by atoms with Crippen LogP contribution in [0.2, 0.25) is 0 Å². The number of carbonyl (C=O) groups excluding carboxylic acids is 1. The van der Waals surface area contributed by atoms with E-state index in [0.29, 0.717) is 17.6 Å². The maximum atomic E-state index is 12.6. The molecular weight excluding hydrogens is 420 g/mol. The van der Waals surface area contributed by atoms with Gasteiger partial charge in [-0.2, -0.15) is 0 Å². The molecule has 0 saturated heterocycles. The fourth-order valence-corrected chi connectivity index (χ4v) is 3.43. The molecule has 0 unspecified atom stereocenters. The fraction of sp³-hybridized carbons (Fsp3) is 0.278. The first kappa shape index (κ1) is 20.4. The summed E-state index contributed by atoms with van der Waals surface area (Å²) in [4.78, 5) is 14.0. The Labute approximate surface area is 162 Å². The Morgan fingerprint density at radius 3 is 2.35 bits per heavy atom. The highest BCUT2D eigenvalue weighted by Crippen LogP contribution is 2.22. The van der Waals surface area contributed by atoms with Gasteiger partial charge in [-0.1, -0.05) is 6.07 Å². The molecule has 0 spiro atoms. The molecule has 0 aliphatic heterocycles. The zero-order valence-electron chi connectivity index (χ0n) is 14.8. The molecule has 2 rings (SSSR count). The van der Waals surface area contributed by atoms with E-state index in [-0.39, 0.29) is 16.4 Å². The standard InChI is InChI=1S/C18H21BrN2O4S/c1-12-8-13(2)10-14(9-12)25-7-6-21(3)18(22)16-11-15(26(20,23)24)4-5-17(16)19/h4-5,8-11H,6-7H2,1-3H3,(H2,20,23,24). The number of amides is 1. The summed E-state index contributed by atoms with van der Waals surface area (Å²) in [6.45, 7) is 4.65. The number of rotatable bonds is 6. The molecule has 0 aromatic heterocycles. The van der Waals surface area contributed by atoms with Gasteiger partial charge in [0.15, 0.2) is 0 Å². The lowest BCUT2D eigenvalue weighted by molar-refractivity contribution is 0.0772. The summed E-state index contributed by atoms with van der Waals surface area (Å²) >= 11 is 3.27. The first-order chi connectivity index (χ1) is 12.1. The molecule has 0 saturated carbocycles. The van der Waals surface area contributed by atoms with Gasteiger partial charge in [0.1, 0.15) is 12.4 Å². The van der Waals surface area contributed by atoms with Crippen molar-refractivity contribution in [2.24, 2.45) is 5.14 Å². The number of primary sulfonamides is 1. The summed E-state index contributed by atoms with van der Waals surface area (Å²) in [6.07, 6.45) is 0. The number of benzene rings is 2. The number of sulfonamides is 1. The summed E-state index contributed by atoms with van der Waals surface area (Å²) in [7, 11) is -2.25. The lowest BCUT2D eigenvalue weighted by Crippen LogP contribution is -2.31. The van der Waals surface area contributed by atoms with Crippen LogP contribution in [0.4, 0.5) is 0 Å². The lowest BCUT2D eigenvalue weighted by Gasteiger charge is -2.19. The second-order valence-corrected chi connectivity index (χ2v) is 8.50. The van der Waals surface area contributed by atoms with E-state index in [1.807, 2.05) is 26.0 Å². The summed E-state index contributed by atoms with van der Waals surface area (Å²) in [5.41, 5.74) is 2.44. The minimum atomic E-state index is -3.88. The zero-order chi connectivity index (χ0) is 19.5. The molecule has 0 heterocycles. The number of aryl methyl sites for hydroxylation is 2. The molecule has 26 heavy (non-hydrogen) atoms. The fourth-order valence-electron chi connectivity index (χ4n) is 2.47. The molecule has 0 bridgehead atoms. The van der Waals surface area contributed by atoms with Crippen molar-refractivity contribution in [3.63, 3.8) is 0 Å². The van der Waals surface area contributed by atoms with Gasteiger partial charge in [-0.25, -0.2) is 13.6 Å². The largest absolute Gasteiger partial charge is 0.492 e. The number of hydrogen-bond acceptors (Lipinski definition) is 4. The highest BCUT2D eigenvalue weighted by molar-refractivity contribution is 9.10. The van der Waals surface area contributed by atoms with Crippen LogP contribution in [-0.2, 0) is 10.0 Å². The van der Waals surface area contributed by atoms with Crippen molar-refractivity contribution in [1.29, 1.82) is 0 Å². The molecule has 0 aliphatic carbocycles. The van der Waals surface area contributed by atoms with E-state index in [2.05, 4.69) is 22.0 Å². The normalized spacial score (nSPS) is 11.3. The number of likely N-dealkylation sites (N-methyl/N-ethyl adjacent to an activating group) is 1. The number of nitrogens with zero attached hydrogens (tertiary/aromatic N) is 1.